The summed E-state index contributed by atoms with van der Waals surface area (Å²) in [5.41, 5.74) is 1.30. The summed E-state index contributed by atoms with van der Waals surface area (Å²) in [5.74, 6) is -0.875. The molecule has 0 radical (unpaired) electrons. The second-order valence-corrected chi connectivity index (χ2v) is 3.11. The largest absolute Gasteiger partial charge is 0.477 e. The molecule has 4 nitrogen and oxygen atoms in total. The van der Waals surface area contributed by atoms with Crippen molar-refractivity contribution >= 4 is 5.97 Å². The molecule has 1 aromatic heterocycles. The lowest BCUT2D eigenvalue weighted by molar-refractivity contribution is 0.0309. The SMILES string of the molecule is CC1OCCn2c(C(=O)O)ccc21. The van der Waals surface area contributed by atoms with Gasteiger partial charge in [0.15, 0.2) is 0 Å². The summed E-state index contributed by atoms with van der Waals surface area (Å²) >= 11 is 0. The van der Waals surface area contributed by atoms with Crippen LogP contribution in [0.2, 0.25) is 0 Å². The van der Waals surface area contributed by atoms with E-state index in [0.29, 0.717) is 18.8 Å². The van der Waals surface area contributed by atoms with Gasteiger partial charge in [-0.15, -0.1) is 0 Å². The first kappa shape index (κ1) is 8.31. The van der Waals surface area contributed by atoms with E-state index in [2.05, 4.69) is 0 Å². The van der Waals surface area contributed by atoms with E-state index in [9.17, 15) is 4.79 Å². The highest BCUT2D eigenvalue weighted by atomic mass is 16.5. The summed E-state index contributed by atoms with van der Waals surface area (Å²) in [6, 6.07) is 3.44. The normalized spacial score (nSPS) is 21.2. The molecule has 1 atom stereocenters. The molecule has 0 aromatic carbocycles. The van der Waals surface area contributed by atoms with Gasteiger partial charge in [-0.05, 0) is 19.1 Å². The number of nitrogens with zero attached hydrogens (tertiary/aromatic N) is 1. The van der Waals surface area contributed by atoms with Crippen molar-refractivity contribution < 1.29 is 14.6 Å². The molecular formula is C9H11NO3. The predicted octanol–water partition coefficient (Wildman–Crippen LogP) is 1.28. The van der Waals surface area contributed by atoms with Crippen LogP contribution < -0.4 is 0 Å². The van der Waals surface area contributed by atoms with Crippen LogP contribution in [0.25, 0.3) is 0 Å². The van der Waals surface area contributed by atoms with E-state index in [0.717, 1.165) is 5.69 Å². The van der Waals surface area contributed by atoms with Crippen molar-refractivity contribution in [3.63, 3.8) is 0 Å². The Hall–Kier alpha value is -1.29. The molecule has 1 aromatic rings. The first-order chi connectivity index (χ1) is 6.20. The minimum Gasteiger partial charge on any atom is -0.477 e. The van der Waals surface area contributed by atoms with Crippen LogP contribution in [0.5, 0.6) is 0 Å². The molecule has 1 unspecified atom stereocenters. The van der Waals surface area contributed by atoms with Gasteiger partial charge in [0, 0.05) is 12.2 Å². The number of fused-ring (bicyclic) bond motifs is 1. The number of hydrogen-bond acceptors (Lipinski definition) is 2. The summed E-state index contributed by atoms with van der Waals surface area (Å²) in [7, 11) is 0. The minimum atomic E-state index is -0.875. The Morgan fingerprint density at radius 1 is 1.69 bits per heavy atom. The van der Waals surface area contributed by atoms with Gasteiger partial charge in [-0.25, -0.2) is 4.79 Å². The lowest BCUT2D eigenvalue weighted by atomic mass is 10.2. The molecule has 0 aliphatic carbocycles. The molecule has 0 saturated heterocycles. The molecule has 2 heterocycles. The zero-order valence-corrected chi connectivity index (χ0v) is 7.36. The average molecular weight is 181 g/mol. The Kier molecular flexibility index (Phi) is 1.84. The highest BCUT2D eigenvalue weighted by Crippen LogP contribution is 2.24. The standard InChI is InChI=1S/C9H11NO3/c1-6-7-2-3-8(9(11)12)10(7)4-5-13-6/h2-3,6H,4-5H2,1H3,(H,11,12). The van der Waals surface area contributed by atoms with Crippen molar-refractivity contribution in [2.45, 2.75) is 19.6 Å². The Bertz CT molecular complexity index is 343. The fraction of sp³-hybridized carbons (Fsp3) is 0.444. The smallest absolute Gasteiger partial charge is 0.352 e. The van der Waals surface area contributed by atoms with Crippen molar-refractivity contribution in [3.8, 4) is 0 Å². The van der Waals surface area contributed by atoms with Crippen LogP contribution in [-0.2, 0) is 11.3 Å². The molecule has 1 N–H and O–H groups in total. The molecule has 4 heteroatoms. The third-order valence-corrected chi connectivity index (χ3v) is 2.33. The topological polar surface area (TPSA) is 51.5 Å². The number of ether oxygens (including phenoxy) is 1. The summed E-state index contributed by atoms with van der Waals surface area (Å²) in [6.07, 6.45) is 0.00171. The molecule has 1 aliphatic rings. The van der Waals surface area contributed by atoms with Crippen LogP contribution >= 0.6 is 0 Å². The number of rotatable bonds is 1. The lowest BCUT2D eigenvalue weighted by Gasteiger charge is -2.23. The van der Waals surface area contributed by atoms with Gasteiger partial charge in [0.1, 0.15) is 5.69 Å². The molecule has 70 valence electrons. The number of hydrogen-bond donors (Lipinski definition) is 1. The van der Waals surface area contributed by atoms with E-state index in [4.69, 9.17) is 9.84 Å². The molecule has 2 rings (SSSR count). The van der Waals surface area contributed by atoms with Crippen LogP contribution in [-0.4, -0.2) is 22.2 Å². The maximum Gasteiger partial charge on any atom is 0.352 e. The van der Waals surface area contributed by atoms with Crippen LogP contribution in [0.1, 0.15) is 29.2 Å². The van der Waals surface area contributed by atoms with Crippen molar-refractivity contribution in [2.75, 3.05) is 6.61 Å². The molecule has 1 aliphatic heterocycles. The van der Waals surface area contributed by atoms with Crippen molar-refractivity contribution in [1.82, 2.24) is 4.57 Å². The number of carbonyl (C=O) groups is 1. The first-order valence-electron chi connectivity index (χ1n) is 4.24. The van der Waals surface area contributed by atoms with Gasteiger partial charge in [0.2, 0.25) is 0 Å². The molecule has 0 fully saturated rings. The van der Waals surface area contributed by atoms with Crippen LogP contribution in [0.15, 0.2) is 12.1 Å². The minimum absolute atomic E-state index is 0.00171. The Labute approximate surface area is 75.7 Å². The lowest BCUT2D eigenvalue weighted by Crippen LogP contribution is -2.22. The average Bonchev–Trinajstić information content (AvgIpc) is 2.48. The number of carboxylic acid groups (broad SMARTS) is 1. The van der Waals surface area contributed by atoms with Crippen LogP contribution in [0, 0.1) is 0 Å². The number of aromatic carboxylic acids is 1. The monoisotopic (exact) mass is 181 g/mol. The fourth-order valence-electron chi connectivity index (χ4n) is 1.68. The molecule has 0 spiro atoms. The Morgan fingerprint density at radius 3 is 3.15 bits per heavy atom. The van der Waals surface area contributed by atoms with Gasteiger partial charge < -0.3 is 14.4 Å². The highest BCUT2D eigenvalue weighted by molar-refractivity contribution is 5.86. The van der Waals surface area contributed by atoms with Crippen molar-refractivity contribution in [3.05, 3.63) is 23.5 Å². The van der Waals surface area contributed by atoms with Gasteiger partial charge in [-0.2, -0.15) is 0 Å². The second kappa shape index (κ2) is 2.88. The maximum atomic E-state index is 10.8. The zero-order chi connectivity index (χ0) is 9.42. The van der Waals surface area contributed by atoms with Crippen molar-refractivity contribution in [1.29, 1.82) is 0 Å². The molecule has 0 amide bonds. The zero-order valence-electron chi connectivity index (χ0n) is 7.36. The summed E-state index contributed by atoms with van der Waals surface area (Å²) in [4.78, 5) is 10.8. The molecule has 0 saturated carbocycles. The van der Waals surface area contributed by atoms with Gasteiger partial charge in [-0.1, -0.05) is 0 Å². The second-order valence-electron chi connectivity index (χ2n) is 3.11. The van der Waals surface area contributed by atoms with E-state index in [1.165, 1.54) is 0 Å². The van der Waals surface area contributed by atoms with Crippen molar-refractivity contribution in [2.24, 2.45) is 0 Å². The van der Waals surface area contributed by atoms with Crippen LogP contribution in [0.3, 0.4) is 0 Å². The van der Waals surface area contributed by atoms with E-state index < -0.39 is 5.97 Å². The number of aromatic nitrogens is 1. The molecule has 0 bridgehead atoms. The maximum absolute atomic E-state index is 10.8. The highest BCUT2D eigenvalue weighted by Gasteiger charge is 2.21. The van der Waals surface area contributed by atoms with Gasteiger partial charge in [0.25, 0.3) is 0 Å². The predicted molar refractivity (Wildman–Crippen MR) is 45.8 cm³/mol. The van der Waals surface area contributed by atoms with Gasteiger partial charge in [-0.3, -0.25) is 0 Å². The summed E-state index contributed by atoms with van der Waals surface area (Å²) < 4.78 is 7.19. The number of carboxylic acids is 1. The van der Waals surface area contributed by atoms with Crippen LogP contribution in [0.4, 0.5) is 0 Å². The third-order valence-electron chi connectivity index (χ3n) is 2.33. The first-order valence-corrected chi connectivity index (χ1v) is 4.24. The van der Waals surface area contributed by atoms with E-state index >= 15 is 0 Å². The summed E-state index contributed by atoms with van der Waals surface area (Å²) in [6.45, 7) is 3.15. The summed E-state index contributed by atoms with van der Waals surface area (Å²) in [5, 5.41) is 8.85. The van der Waals surface area contributed by atoms with Gasteiger partial charge in [0.05, 0.1) is 12.7 Å². The molecular weight excluding hydrogens is 170 g/mol. The molecule has 13 heavy (non-hydrogen) atoms. The Balaban J connectivity index is 2.47. The third kappa shape index (κ3) is 1.23. The van der Waals surface area contributed by atoms with E-state index in [-0.39, 0.29) is 6.10 Å². The van der Waals surface area contributed by atoms with E-state index in [1.54, 1.807) is 10.6 Å². The Morgan fingerprint density at radius 2 is 2.46 bits per heavy atom. The fourth-order valence-corrected chi connectivity index (χ4v) is 1.68. The quantitative estimate of drug-likeness (QED) is 0.710. The van der Waals surface area contributed by atoms with E-state index in [1.807, 2.05) is 13.0 Å². The van der Waals surface area contributed by atoms with Gasteiger partial charge >= 0.3 is 5.97 Å².